The van der Waals surface area contributed by atoms with Gasteiger partial charge in [0.15, 0.2) is 0 Å². The largest absolute Gasteiger partial charge is 0.291 e. The monoisotopic (exact) mass is 123 g/mol. The summed E-state index contributed by atoms with van der Waals surface area (Å²) in [6.07, 6.45) is 5.52. The maximum absolute atomic E-state index is 4.57. The first-order chi connectivity index (χ1) is 4.36. The van der Waals surface area contributed by atoms with Crippen molar-refractivity contribution in [3.63, 3.8) is 0 Å². The van der Waals surface area contributed by atoms with Crippen molar-refractivity contribution < 1.29 is 0 Å². The third-order valence-electron chi connectivity index (χ3n) is 2.56. The standard InChI is InChI=1S/C8H13N/c1-6-5-7-3-2-4-8(7)9-6/h7-8H,2-5H2,1H3/t7-,8-/m1/s1. The fourth-order valence-electron chi connectivity index (χ4n) is 2.14. The smallest absolute Gasteiger partial charge is 0.0530 e. The summed E-state index contributed by atoms with van der Waals surface area (Å²) in [6, 6.07) is 0.741. The number of nitrogens with zero attached hydrogens (tertiary/aromatic N) is 1. The van der Waals surface area contributed by atoms with E-state index in [1.54, 1.807) is 0 Å². The minimum Gasteiger partial charge on any atom is -0.291 e. The van der Waals surface area contributed by atoms with Gasteiger partial charge in [-0.1, -0.05) is 6.42 Å². The lowest BCUT2D eigenvalue weighted by Crippen LogP contribution is -2.03. The highest BCUT2D eigenvalue weighted by atomic mass is 14.9. The molecule has 0 N–H and O–H groups in total. The van der Waals surface area contributed by atoms with E-state index in [9.17, 15) is 0 Å². The average molecular weight is 123 g/mol. The number of rotatable bonds is 0. The van der Waals surface area contributed by atoms with Crippen LogP contribution < -0.4 is 0 Å². The van der Waals surface area contributed by atoms with Crippen LogP contribution in [0.25, 0.3) is 0 Å². The van der Waals surface area contributed by atoms with Crippen molar-refractivity contribution in [3.8, 4) is 0 Å². The predicted molar refractivity (Wildman–Crippen MR) is 38.9 cm³/mol. The second kappa shape index (κ2) is 1.83. The van der Waals surface area contributed by atoms with Crippen LogP contribution in [0.1, 0.15) is 32.6 Å². The van der Waals surface area contributed by atoms with Crippen LogP contribution in [0.4, 0.5) is 0 Å². The SMILES string of the molecule is CC1=N[C@@H]2CCC[C@@H]2C1. The fraction of sp³-hybridized carbons (Fsp3) is 0.875. The van der Waals surface area contributed by atoms with Crippen molar-refractivity contribution in [2.75, 3.05) is 0 Å². The molecule has 1 nitrogen and oxygen atoms in total. The Morgan fingerprint density at radius 1 is 1.44 bits per heavy atom. The van der Waals surface area contributed by atoms with E-state index >= 15 is 0 Å². The van der Waals surface area contributed by atoms with Crippen molar-refractivity contribution in [1.29, 1.82) is 0 Å². The van der Waals surface area contributed by atoms with Gasteiger partial charge in [-0.2, -0.15) is 0 Å². The van der Waals surface area contributed by atoms with Gasteiger partial charge in [0.25, 0.3) is 0 Å². The minimum absolute atomic E-state index is 0.741. The van der Waals surface area contributed by atoms with E-state index in [0.717, 1.165) is 12.0 Å². The van der Waals surface area contributed by atoms with Gasteiger partial charge in [-0.25, -0.2) is 0 Å². The van der Waals surface area contributed by atoms with Gasteiger partial charge in [-0.3, -0.25) is 4.99 Å². The van der Waals surface area contributed by atoms with E-state index in [1.165, 1.54) is 31.4 Å². The van der Waals surface area contributed by atoms with Crippen LogP contribution in [0.15, 0.2) is 4.99 Å². The molecule has 0 aromatic heterocycles. The molecule has 9 heavy (non-hydrogen) atoms. The van der Waals surface area contributed by atoms with Crippen LogP contribution in [0.3, 0.4) is 0 Å². The molecule has 0 saturated heterocycles. The number of aliphatic imine (C=N–C) groups is 1. The van der Waals surface area contributed by atoms with Gasteiger partial charge in [0, 0.05) is 5.71 Å². The third kappa shape index (κ3) is 0.790. The van der Waals surface area contributed by atoms with Crippen LogP contribution in [-0.2, 0) is 0 Å². The summed E-state index contributed by atoms with van der Waals surface area (Å²) in [7, 11) is 0. The third-order valence-corrected chi connectivity index (χ3v) is 2.56. The molecule has 1 fully saturated rings. The molecule has 0 aromatic carbocycles. The highest BCUT2D eigenvalue weighted by Crippen LogP contribution is 2.35. The van der Waals surface area contributed by atoms with Crippen LogP contribution in [0.2, 0.25) is 0 Å². The van der Waals surface area contributed by atoms with E-state index < -0.39 is 0 Å². The summed E-state index contributed by atoms with van der Waals surface area (Å²) in [5, 5.41) is 0. The summed E-state index contributed by atoms with van der Waals surface area (Å²) in [5.74, 6) is 0.949. The van der Waals surface area contributed by atoms with E-state index in [1.807, 2.05) is 0 Å². The van der Waals surface area contributed by atoms with E-state index in [2.05, 4.69) is 11.9 Å². The zero-order chi connectivity index (χ0) is 6.27. The van der Waals surface area contributed by atoms with Crippen LogP contribution in [0.5, 0.6) is 0 Å². The quantitative estimate of drug-likeness (QED) is 0.467. The number of hydrogen-bond donors (Lipinski definition) is 0. The van der Waals surface area contributed by atoms with E-state index in [4.69, 9.17) is 0 Å². The lowest BCUT2D eigenvalue weighted by Gasteiger charge is -2.03. The molecule has 1 heterocycles. The molecule has 2 aliphatic rings. The number of hydrogen-bond acceptors (Lipinski definition) is 1. The second-order valence-corrected chi connectivity index (χ2v) is 3.33. The van der Waals surface area contributed by atoms with Gasteiger partial charge in [-0.15, -0.1) is 0 Å². The average Bonchev–Trinajstić information content (AvgIpc) is 2.22. The first kappa shape index (κ1) is 5.45. The molecule has 50 valence electrons. The van der Waals surface area contributed by atoms with E-state index in [-0.39, 0.29) is 0 Å². The molecule has 2 atom stereocenters. The molecule has 1 aliphatic carbocycles. The molecule has 1 aliphatic heterocycles. The highest BCUT2D eigenvalue weighted by molar-refractivity contribution is 5.84. The molecule has 0 spiro atoms. The first-order valence-corrected chi connectivity index (χ1v) is 3.89. The molecule has 2 rings (SSSR count). The van der Waals surface area contributed by atoms with Gasteiger partial charge in [-0.05, 0) is 32.1 Å². The molecule has 1 heteroatoms. The molecule has 0 bridgehead atoms. The topological polar surface area (TPSA) is 12.4 Å². The Morgan fingerprint density at radius 2 is 2.33 bits per heavy atom. The second-order valence-electron chi connectivity index (χ2n) is 3.33. The molecular weight excluding hydrogens is 110 g/mol. The van der Waals surface area contributed by atoms with Gasteiger partial charge < -0.3 is 0 Å². The Balaban J connectivity index is 2.13. The van der Waals surface area contributed by atoms with Crippen molar-refractivity contribution >= 4 is 5.71 Å². The van der Waals surface area contributed by atoms with Crippen LogP contribution >= 0.6 is 0 Å². The number of fused-ring (bicyclic) bond motifs is 1. The lowest BCUT2D eigenvalue weighted by atomic mass is 10.0. The summed E-state index contributed by atoms with van der Waals surface area (Å²) in [5.41, 5.74) is 1.39. The van der Waals surface area contributed by atoms with Crippen molar-refractivity contribution in [2.45, 2.75) is 38.6 Å². The molecular formula is C8H13N. The Labute approximate surface area is 56.2 Å². The van der Waals surface area contributed by atoms with Crippen molar-refractivity contribution in [2.24, 2.45) is 10.9 Å². The lowest BCUT2D eigenvalue weighted by molar-refractivity contribution is 0.536. The maximum atomic E-state index is 4.57. The maximum Gasteiger partial charge on any atom is 0.0530 e. The summed E-state index contributed by atoms with van der Waals surface area (Å²) >= 11 is 0. The molecule has 1 saturated carbocycles. The summed E-state index contributed by atoms with van der Waals surface area (Å²) in [6.45, 7) is 2.16. The van der Waals surface area contributed by atoms with Gasteiger partial charge in [0.05, 0.1) is 6.04 Å². The first-order valence-electron chi connectivity index (χ1n) is 3.89. The normalized spacial score (nSPS) is 40.8. The highest BCUT2D eigenvalue weighted by Gasteiger charge is 2.31. The van der Waals surface area contributed by atoms with Crippen molar-refractivity contribution in [3.05, 3.63) is 0 Å². The van der Waals surface area contributed by atoms with E-state index in [0.29, 0.717) is 0 Å². The Hall–Kier alpha value is -0.330. The predicted octanol–water partition coefficient (Wildman–Crippen LogP) is 2.02. The Kier molecular flexibility index (Phi) is 1.11. The van der Waals surface area contributed by atoms with Gasteiger partial charge in [0.2, 0.25) is 0 Å². The van der Waals surface area contributed by atoms with Crippen LogP contribution in [0, 0.1) is 5.92 Å². The Bertz CT molecular complexity index is 149. The molecule has 0 radical (unpaired) electrons. The van der Waals surface area contributed by atoms with Crippen LogP contribution in [-0.4, -0.2) is 11.8 Å². The van der Waals surface area contributed by atoms with Gasteiger partial charge >= 0.3 is 0 Å². The molecule has 0 aromatic rings. The fourth-order valence-corrected chi connectivity index (χ4v) is 2.14. The summed E-state index contributed by atoms with van der Waals surface area (Å²) in [4.78, 5) is 4.57. The van der Waals surface area contributed by atoms with Crippen molar-refractivity contribution in [1.82, 2.24) is 0 Å². The Morgan fingerprint density at radius 3 is 3.11 bits per heavy atom. The molecule has 0 unspecified atom stereocenters. The summed E-state index contributed by atoms with van der Waals surface area (Å²) < 4.78 is 0. The minimum atomic E-state index is 0.741. The zero-order valence-corrected chi connectivity index (χ0v) is 5.93. The van der Waals surface area contributed by atoms with Gasteiger partial charge in [0.1, 0.15) is 0 Å². The molecule has 0 amide bonds. The zero-order valence-electron chi connectivity index (χ0n) is 5.93.